The number of nitrogens with one attached hydrogen (secondary N) is 1. The fourth-order valence-corrected chi connectivity index (χ4v) is 4.76. The molecule has 1 unspecified atom stereocenters. The molecule has 0 aliphatic carbocycles. The minimum Gasteiger partial charge on any atom is -0.384 e. The van der Waals surface area contributed by atoms with Crippen LogP contribution in [0.2, 0.25) is 0 Å². The van der Waals surface area contributed by atoms with Crippen LogP contribution in [0.4, 0.5) is 11.4 Å². The zero-order valence-electron chi connectivity index (χ0n) is 14.7. The Morgan fingerprint density at radius 3 is 2.88 bits per heavy atom. The highest BCUT2D eigenvalue weighted by atomic mass is 32.1. The van der Waals surface area contributed by atoms with Crippen LogP contribution in [0, 0.1) is 5.92 Å². The summed E-state index contributed by atoms with van der Waals surface area (Å²) in [6, 6.07) is 10.5. The monoisotopic (exact) mass is 354 g/mol. The summed E-state index contributed by atoms with van der Waals surface area (Å²) >= 11 is 1.63. The number of piperidine rings is 1. The molecule has 3 heterocycles. The Morgan fingerprint density at radius 2 is 2.16 bits per heavy atom. The molecule has 4 nitrogen and oxygen atoms in total. The van der Waals surface area contributed by atoms with Gasteiger partial charge in [-0.3, -0.25) is 0 Å². The van der Waals surface area contributed by atoms with Crippen molar-refractivity contribution in [3.8, 4) is 0 Å². The summed E-state index contributed by atoms with van der Waals surface area (Å²) in [7, 11) is 0. The van der Waals surface area contributed by atoms with Crippen molar-refractivity contribution in [3.63, 3.8) is 0 Å². The van der Waals surface area contributed by atoms with Crippen molar-refractivity contribution >= 4 is 28.5 Å². The lowest BCUT2D eigenvalue weighted by atomic mass is 9.81. The number of thiophene rings is 1. The topological polar surface area (TPSA) is 53.6 Å². The molecule has 2 aliphatic rings. The highest BCUT2D eigenvalue weighted by molar-refractivity contribution is 7.12. The molecule has 5 heteroatoms. The summed E-state index contributed by atoms with van der Waals surface area (Å²) in [6.07, 6.45) is 2.59. The lowest BCUT2D eigenvalue weighted by Gasteiger charge is -2.34. The molecule has 3 N–H and O–H groups in total. The number of benzene rings is 1. The van der Waals surface area contributed by atoms with Crippen molar-refractivity contribution in [2.75, 3.05) is 31.5 Å². The van der Waals surface area contributed by atoms with Gasteiger partial charge in [0.25, 0.3) is 0 Å². The number of fused-ring (bicyclic) bond motifs is 1. The van der Waals surface area contributed by atoms with E-state index in [9.17, 15) is 0 Å². The number of amidine groups is 1. The fraction of sp³-hybridized carbons (Fsp3) is 0.450. The van der Waals surface area contributed by atoms with E-state index in [4.69, 9.17) is 5.73 Å². The van der Waals surface area contributed by atoms with E-state index in [0.29, 0.717) is 11.8 Å². The normalized spacial score (nSPS) is 22.0. The molecule has 1 atom stereocenters. The second-order valence-electron chi connectivity index (χ2n) is 7.00. The zero-order valence-corrected chi connectivity index (χ0v) is 15.6. The number of nitrogens with two attached hydrogens (primary N) is 1. The van der Waals surface area contributed by atoms with Gasteiger partial charge in [-0.2, -0.15) is 0 Å². The highest BCUT2D eigenvalue weighted by Gasteiger charge is 2.32. The first-order valence-electron chi connectivity index (χ1n) is 9.23. The Bertz CT molecular complexity index is 745. The minimum atomic E-state index is 0.604. The van der Waals surface area contributed by atoms with Gasteiger partial charge < -0.3 is 16.0 Å². The van der Waals surface area contributed by atoms with E-state index in [0.717, 1.165) is 23.0 Å². The van der Waals surface area contributed by atoms with Gasteiger partial charge in [0.1, 0.15) is 5.84 Å². The smallest absolute Gasteiger partial charge is 0.141 e. The maximum atomic E-state index is 6.16. The van der Waals surface area contributed by atoms with Crippen molar-refractivity contribution in [2.24, 2.45) is 16.6 Å². The largest absolute Gasteiger partial charge is 0.384 e. The van der Waals surface area contributed by atoms with Crippen LogP contribution < -0.4 is 11.1 Å². The van der Waals surface area contributed by atoms with Crippen molar-refractivity contribution < 1.29 is 0 Å². The van der Waals surface area contributed by atoms with Gasteiger partial charge >= 0.3 is 0 Å². The number of likely N-dealkylation sites (tertiary alicyclic amines) is 1. The Kier molecular flexibility index (Phi) is 4.77. The van der Waals surface area contributed by atoms with Gasteiger partial charge in [0.2, 0.25) is 0 Å². The van der Waals surface area contributed by atoms with Gasteiger partial charge in [-0.25, -0.2) is 4.99 Å². The lowest BCUT2D eigenvalue weighted by molar-refractivity contribution is 0.179. The standard InChI is InChI=1S/C20H26N4S/c1-2-24-9-7-14(8-10-24)17-13-22-18-6-5-15(12-16(17)18)23-20(21)19-4-3-11-25-19/h3-6,11-12,14,17,22H,2,7-10,13H2,1H3,(H2,21,23). The summed E-state index contributed by atoms with van der Waals surface area (Å²) < 4.78 is 0. The summed E-state index contributed by atoms with van der Waals surface area (Å²) in [4.78, 5) is 8.24. The molecule has 1 aromatic carbocycles. The molecule has 4 rings (SSSR count). The van der Waals surface area contributed by atoms with Crippen LogP contribution in [0.25, 0.3) is 0 Å². The van der Waals surface area contributed by atoms with Gasteiger partial charge in [0, 0.05) is 18.2 Å². The van der Waals surface area contributed by atoms with Gasteiger partial charge in [-0.05, 0) is 73.6 Å². The van der Waals surface area contributed by atoms with E-state index in [-0.39, 0.29) is 0 Å². The Labute approximate surface area is 153 Å². The Balaban J connectivity index is 1.54. The molecule has 0 amide bonds. The van der Waals surface area contributed by atoms with Gasteiger partial charge in [-0.15, -0.1) is 11.3 Å². The molecule has 0 radical (unpaired) electrons. The maximum absolute atomic E-state index is 6.16. The average Bonchev–Trinajstić information content (AvgIpc) is 3.31. The molecule has 25 heavy (non-hydrogen) atoms. The number of aliphatic imine (C=N–C) groups is 1. The number of hydrogen-bond donors (Lipinski definition) is 2. The van der Waals surface area contributed by atoms with Gasteiger partial charge in [-0.1, -0.05) is 13.0 Å². The van der Waals surface area contributed by atoms with Crippen LogP contribution in [-0.4, -0.2) is 36.9 Å². The molecular weight excluding hydrogens is 328 g/mol. The molecule has 0 spiro atoms. The Hall–Kier alpha value is -1.85. The summed E-state index contributed by atoms with van der Waals surface area (Å²) in [5.41, 5.74) is 9.83. The third-order valence-corrected chi connectivity index (χ3v) is 6.51. The van der Waals surface area contributed by atoms with Crippen LogP contribution in [0.5, 0.6) is 0 Å². The SMILES string of the molecule is CCN1CCC(C2CNc3ccc(N=C(N)c4cccs4)cc32)CC1. The molecule has 132 valence electrons. The molecule has 1 saturated heterocycles. The molecule has 1 fully saturated rings. The first kappa shape index (κ1) is 16.6. The first-order chi connectivity index (χ1) is 12.2. The molecule has 0 bridgehead atoms. The van der Waals surface area contributed by atoms with Crippen LogP contribution in [0.15, 0.2) is 40.7 Å². The average molecular weight is 355 g/mol. The van der Waals surface area contributed by atoms with Gasteiger partial charge in [0.05, 0.1) is 10.6 Å². The van der Waals surface area contributed by atoms with Crippen LogP contribution >= 0.6 is 11.3 Å². The van der Waals surface area contributed by atoms with Crippen LogP contribution in [-0.2, 0) is 0 Å². The molecule has 2 aromatic rings. The van der Waals surface area contributed by atoms with E-state index in [2.05, 4.69) is 40.3 Å². The number of hydrogen-bond acceptors (Lipinski definition) is 4. The summed E-state index contributed by atoms with van der Waals surface area (Å²) in [5.74, 6) is 1.98. The van der Waals surface area contributed by atoms with Crippen LogP contribution in [0.3, 0.4) is 0 Å². The third-order valence-electron chi connectivity index (χ3n) is 5.62. The van der Waals surface area contributed by atoms with Crippen LogP contribution in [0.1, 0.15) is 36.1 Å². The van der Waals surface area contributed by atoms with E-state index < -0.39 is 0 Å². The van der Waals surface area contributed by atoms with Gasteiger partial charge in [0.15, 0.2) is 0 Å². The summed E-state index contributed by atoms with van der Waals surface area (Å²) in [5, 5.41) is 5.62. The number of anilines is 1. The molecular formula is C20H26N4S. The second-order valence-corrected chi connectivity index (χ2v) is 7.95. The highest BCUT2D eigenvalue weighted by Crippen LogP contribution is 2.42. The number of rotatable bonds is 4. The summed E-state index contributed by atoms with van der Waals surface area (Å²) in [6.45, 7) is 6.95. The predicted molar refractivity (Wildman–Crippen MR) is 107 cm³/mol. The fourth-order valence-electron chi connectivity index (χ4n) is 4.13. The quantitative estimate of drug-likeness (QED) is 0.644. The lowest BCUT2D eigenvalue weighted by Crippen LogP contribution is -2.35. The first-order valence-corrected chi connectivity index (χ1v) is 10.1. The van der Waals surface area contributed by atoms with Crippen molar-refractivity contribution in [1.29, 1.82) is 0 Å². The van der Waals surface area contributed by atoms with Crippen molar-refractivity contribution in [2.45, 2.75) is 25.7 Å². The maximum Gasteiger partial charge on any atom is 0.141 e. The van der Waals surface area contributed by atoms with Crippen molar-refractivity contribution in [1.82, 2.24) is 4.90 Å². The van der Waals surface area contributed by atoms with E-state index >= 15 is 0 Å². The number of nitrogens with zero attached hydrogens (tertiary/aromatic N) is 2. The zero-order chi connectivity index (χ0) is 17.2. The van der Waals surface area contributed by atoms with E-state index in [1.54, 1.807) is 11.3 Å². The second kappa shape index (κ2) is 7.18. The molecule has 0 saturated carbocycles. The minimum absolute atomic E-state index is 0.604. The van der Waals surface area contributed by atoms with E-state index in [1.807, 2.05) is 17.5 Å². The van der Waals surface area contributed by atoms with E-state index in [1.165, 1.54) is 43.7 Å². The van der Waals surface area contributed by atoms with Crippen molar-refractivity contribution in [3.05, 3.63) is 46.2 Å². The third kappa shape index (κ3) is 3.44. The Morgan fingerprint density at radius 1 is 1.32 bits per heavy atom. The predicted octanol–water partition coefficient (Wildman–Crippen LogP) is 4.03. The molecule has 1 aromatic heterocycles. The molecule has 2 aliphatic heterocycles.